The van der Waals surface area contributed by atoms with E-state index < -0.39 is 35.9 Å². The van der Waals surface area contributed by atoms with Gasteiger partial charge in [0.05, 0.1) is 27.6 Å². The molecular formula is C14H9N3Na2O7S2. The summed E-state index contributed by atoms with van der Waals surface area (Å²) in [6.45, 7) is 0. The van der Waals surface area contributed by atoms with E-state index in [4.69, 9.17) is 0 Å². The molecule has 0 saturated heterocycles. The van der Waals surface area contributed by atoms with Crippen molar-refractivity contribution in [3.05, 3.63) is 48.3 Å². The van der Waals surface area contributed by atoms with E-state index in [-0.39, 0.29) is 71.2 Å². The van der Waals surface area contributed by atoms with Crippen molar-refractivity contribution in [1.82, 2.24) is 4.98 Å². The molecule has 1 aliphatic heterocycles. The molecule has 0 saturated carbocycles. The third kappa shape index (κ3) is 5.69. The first-order valence-corrected chi connectivity index (χ1v) is 9.75. The van der Waals surface area contributed by atoms with Crippen LogP contribution < -0.4 is 64.1 Å². The Kier molecular flexibility index (Phi) is 8.54. The Hall–Kier alpha value is -0.670. The van der Waals surface area contributed by atoms with Gasteiger partial charge in [0.2, 0.25) is 0 Å². The zero-order valence-electron chi connectivity index (χ0n) is 14.8. The van der Waals surface area contributed by atoms with Gasteiger partial charge in [-0.25, -0.2) is 21.8 Å². The minimum atomic E-state index is -5.07. The van der Waals surface area contributed by atoms with Crippen molar-refractivity contribution in [2.75, 3.05) is 5.01 Å². The number of anilines is 1. The number of hydrazone groups is 1. The monoisotopic (exact) mass is 441 g/mol. The molecule has 0 N–H and O–H groups in total. The van der Waals surface area contributed by atoms with E-state index >= 15 is 0 Å². The van der Waals surface area contributed by atoms with Gasteiger partial charge in [-0.1, -0.05) is 0 Å². The molecule has 1 aliphatic rings. The number of amides is 1. The molecule has 0 fully saturated rings. The zero-order chi connectivity index (χ0) is 19.1. The fraction of sp³-hybridized carbons (Fsp3) is 0.0714. The summed E-state index contributed by atoms with van der Waals surface area (Å²) in [6.07, 6.45) is 2.83. The SMILES string of the molecule is O=C1CC(c2ccncc2)=NN1c1cc(S(=O)(=O)[O-])cc(S(=O)(=O)[O-])c1.[Na+].[Na+]. The standard InChI is InChI=1S/C14H11N3O7S2.2Na/c18-14-8-13(9-1-3-15-4-2-9)16-17(14)10-5-11(25(19,20)21)7-12(6-10)26(22,23)24;;/h1-7H,8H2,(H,19,20,21)(H,22,23,24);;/q;2*+1/p-2. The number of pyridine rings is 1. The molecule has 0 aliphatic carbocycles. The summed E-state index contributed by atoms with van der Waals surface area (Å²) < 4.78 is 67.5. The molecule has 0 unspecified atom stereocenters. The fourth-order valence-electron chi connectivity index (χ4n) is 2.30. The van der Waals surface area contributed by atoms with Gasteiger partial charge in [-0.3, -0.25) is 9.78 Å². The summed E-state index contributed by atoms with van der Waals surface area (Å²) in [4.78, 5) is 14.1. The van der Waals surface area contributed by atoms with Gasteiger partial charge in [0.25, 0.3) is 5.91 Å². The van der Waals surface area contributed by atoms with Crippen molar-refractivity contribution in [2.24, 2.45) is 5.10 Å². The van der Waals surface area contributed by atoms with Gasteiger partial charge < -0.3 is 9.11 Å². The summed E-state index contributed by atoms with van der Waals surface area (Å²) >= 11 is 0. The van der Waals surface area contributed by atoms with Crippen LogP contribution in [-0.2, 0) is 25.0 Å². The van der Waals surface area contributed by atoms with Gasteiger partial charge in [-0.15, -0.1) is 0 Å². The van der Waals surface area contributed by atoms with Gasteiger partial charge in [-0.05, 0) is 30.3 Å². The number of carbonyl (C=O) groups excluding carboxylic acids is 1. The van der Waals surface area contributed by atoms with Crippen LogP contribution in [0.1, 0.15) is 12.0 Å². The number of carbonyl (C=O) groups is 1. The van der Waals surface area contributed by atoms with Crippen LogP contribution in [0.3, 0.4) is 0 Å². The van der Waals surface area contributed by atoms with Crippen LogP contribution in [0.4, 0.5) is 5.69 Å². The minimum absolute atomic E-state index is 0. The smallest absolute Gasteiger partial charge is 0.744 e. The van der Waals surface area contributed by atoms with E-state index in [1.165, 1.54) is 12.4 Å². The Morgan fingerprint density at radius 3 is 1.86 bits per heavy atom. The molecule has 1 aromatic carbocycles. The maximum absolute atomic E-state index is 12.2. The Morgan fingerprint density at radius 2 is 1.39 bits per heavy atom. The zero-order valence-corrected chi connectivity index (χ0v) is 20.4. The summed E-state index contributed by atoms with van der Waals surface area (Å²) in [5, 5.41) is 4.78. The Labute approximate surface area is 205 Å². The molecule has 2 heterocycles. The molecule has 2 aromatic rings. The summed E-state index contributed by atoms with van der Waals surface area (Å²) in [5.41, 5.74) is 0.602. The van der Waals surface area contributed by atoms with Crippen molar-refractivity contribution in [2.45, 2.75) is 16.2 Å². The molecule has 0 spiro atoms. The molecule has 0 bridgehead atoms. The fourth-order valence-corrected chi connectivity index (χ4v) is 3.45. The van der Waals surface area contributed by atoms with Crippen LogP contribution in [0.25, 0.3) is 0 Å². The van der Waals surface area contributed by atoms with E-state index in [1.807, 2.05) is 0 Å². The third-order valence-corrected chi connectivity index (χ3v) is 5.10. The van der Waals surface area contributed by atoms with Crippen molar-refractivity contribution in [3.63, 3.8) is 0 Å². The maximum atomic E-state index is 12.2. The first-order chi connectivity index (χ1) is 12.1. The number of benzene rings is 1. The average Bonchev–Trinajstić information content (AvgIpc) is 2.95. The molecule has 0 radical (unpaired) electrons. The van der Waals surface area contributed by atoms with Crippen LogP contribution in [0.15, 0.2) is 57.6 Å². The summed E-state index contributed by atoms with van der Waals surface area (Å²) in [7, 11) is -10.1. The number of rotatable bonds is 4. The number of hydrogen-bond acceptors (Lipinski definition) is 9. The summed E-state index contributed by atoms with van der Waals surface area (Å²) in [5.74, 6) is -0.591. The number of hydrogen-bond donors (Lipinski definition) is 0. The van der Waals surface area contributed by atoms with Gasteiger partial charge in [-0.2, -0.15) is 5.10 Å². The van der Waals surface area contributed by atoms with E-state index in [0.717, 1.165) is 17.1 Å². The second kappa shape index (κ2) is 9.43. The number of nitrogens with zero attached hydrogens (tertiary/aromatic N) is 3. The molecule has 0 atom stereocenters. The molecule has 3 rings (SSSR count). The number of aromatic nitrogens is 1. The van der Waals surface area contributed by atoms with Crippen LogP contribution >= 0.6 is 0 Å². The van der Waals surface area contributed by atoms with Gasteiger partial charge in [0, 0.05) is 18.0 Å². The van der Waals surface area contributed by atoms with Crippen molar-refractivity contribution in [1.29, 1.82) is 0 Å². The Bertz CT molecular complexity index is 1090. The van der Waals surface area contributed by atoms with Gasteiger partial charge in [0.15, 0.2) is 0 Å². The largest absolute Gasteiger partial charge is 1.00 e. The van der Waals surface area contributed by atoms with E-state index in [9.17, 15) is 30.7 Å². The van der Waals surface area contributed by atoms with Gasteiger partial charge in [0.1, 0.15) is 20.2 Å². The topological polar surface area (TPSA) is 160 Å². The van der Waals surface area contributed by atoms with Crippen LogP contribution in [0, 0.1) is 0 Å². The van der Waals surface area contributed by atoms with Gasteiger partial charge >= 0.3 is 59.1 Å². The predicted molar refractivity (Wildman–Crippen MR) is 85.2 cm³/mol. The molecular weight excluding hydrogens is 432 g/mol. The second-order valence-electron chi connectivity index (χ2n) is 5.24. The maximum Gasteiger partial charge on any atom is 1.00 e. The predicted octanol–water partition coefficient (Wildman–Crippen LogP) is -5.96. The average molecular weight is 441 g/mol. The molecule has 136 valence electrons. The summed E-state index contributed by atoms with van der Waals surface area (Å²) in [6, 6.07) is 5.22. The van der Waals surface area contributed by atoms with Crippen LogP contribution in [0.2, 0.25) is 0 Å². The molecule has 1 aromatic heterocycles. The molecule has 14 heteroatoms. The van der Waals surface area contributed by atoms with Crippen molar-refractivity contribution in [3.8, 4) is 0 Å². The first kappa shape index (κ1) is 25.4. The Balaban J connectivity index is 0.00000196. The first-order valence-electron chi connectivity index (χ1n) is 6.93. The quantitative estimate of drug-likeness (QED) is 0.335. The van der Waals surface area contributed by atoms with E-state index in [0.29, 0.717) is 17.3 Å². The van der Waals surface area contributed by atoms with E-state index in [2.05, 4.69) is 10.1 Å². The van der Waals surface area contributed by atoms with Crippen LogP contribution in [0.5, 0.6) is 0 Å². The molecule has 1 amide bonds. The minimum Gasteiger partial charge on any atom is -0.744 e. The van der Waals surface area contributed by atoms with Crippen LogP contribution in [-0.4, -0.2) is 42.5 Å². The molecule has 10 nitrogen and oxygen atoms in total. The molecule has 28 heavy (non-hydrogen) atoms. The normalized spacial score (nSPS) is 14.1. The van der Waals surface area contributed by atoms with E-state index in [1.54, 1.807) is 12.1 Å². The third-order valence-electron chi connectivity index (χ3n) is 3.48. The van der Waals surface area contributed by atoms with Crippen molar-refractivity contribution >= 4 is 37.5 Å². The second-order valence-corrected chi connectivity index (χ2v) is 8.00. The Morgan fingerprint density at radius 1 is 0.893 bits per heavy atom. The van der Waals surface area contributed by atoms with Crippen molar-refractivity contribution < 1.29 is 89.9 Å².